The number of esters is 1. The molecule has 1 rings (SSSR count). The molecule has 1 aromatic carbocycles. The molecule has 6 heteroatoms. The van der Waals surface area contributed by atoms with Gasteiger partial charge in [-0.25, -0.2) is 4.79 Å². The van der Waals surface area contributed by atoms with Crippen molar-refractivity contribution in [1.29, 1.82) is 5.26 Å². The lowest BCUT2D eigenvalue weighted by atomic mass is 10.1. The monoisotopic (exact) mass is 292 g/mol. The van der Waals surface area contributed by atoms with E-state index in [1.165, 1.54) is 7.11 Å². The van der Waals surface area contributed by atoms with Gasteiger partial charge < -0.3 is 10.1 Å². The van der Waals surface area contributed by atoms with Crippen molar-refractivity contribution in [2.75, 3.05) is 19.1 Å². The summed E-state index contributed by atoms with van der Waals surface area (Å²) in [5.41, 5.74) is 0.885. The van der Waals surface area contributed by atoms with Crippen molar-refractivity contribution in [2.45, 2.75) is 12.5 Å². The van der Waals surface area contributed by atoms with Crippen LogP contribution in [0.15, 0.2) is 24.3 Å². The van der Waals surface area contributed by atoms with E-state index in [1.54, 1.807) is 36.0 Å². The Morgan fingerprint density at radius 2 is 2.05 bits per heavy atom. The van der Waals surface area contributed by atoms with Gasteiger partial charge in [0.15, 0.2) is 0 Å². The van der Waals surface area contributed by atoms with E-state index < -0.39 is 12.0 Å². The highest BCUT2D eigenvalue weighted by Crippen LogP contribution is 2.06. The number of carbonyl (C=O) groups is 2. The zero-order chi connectivity index (χ0) is 15.0. The van der Waals surface area contributed by atoms with Crippen LogP contribution in [-0.2, 0) is 9.53 Å². The van der Waals surface area contributed by atoms with Crippen LogP contribution in [0.2, 0.25) is 0 Å². The Kier molecular flexibility index (Phi) is 6.60. The molecular weight excluding hydrogens is 276 g/mol. The van der Waals surface area contributed by atoms with Gasteiger partial charge in [0.2, 0.25) is 0 Å². The number of thioether (sulfide) groups is 1. The SMILES string of the molecule is COC(=O)[C@@H](CCSC)NC(=O)c1ccc(C#N)cc1. The zero-order valence-electron chi connectivity index (χ0n) is 11.4. The number of benzene rings is 1. The quantitative estimate of drug-likeness (QED) is 0.805. The van der Waals surface area contributed by atoms with Crippen LogP contribution >= 0.6 is 11.8 Å². The lowest BCUT2D eigenvalue weighted by molar-refractivity contribution is -0.142. The van der Waals surface area contributed by atoms with Crippen LogP contribution in [0, 0.1) is 11.3 Å². The van der Waals surface area contributed by atoms with Gasteiger partial charge >= 0.3 is 5.97 Å². The van der Waals surface area contributed by atoms with E-state index in [0.29, 0.717) is 17.5 Å². The summed E-state index contributed by atoms with van der Waals surface area (Å²) in [6, 6.07) is 7.55. The highest BCUT2D eigenvalue weighted by atomic mass is 32.2. The molecule has 1 atom stereocenters. The number of hydrogen-bond donors (Lipinski definition) is 1. The number of nitriles is 1. The third-order valence-corrected chi connectivity index (χ3v) is 3.32. The molecule has 0 heterocycles. The van der Waals surface area contributed by atoms with Crippen LogP contribution < -0.4 is 5.32 Å². The molecule has 0 aliphatic carbocycles. The first-order valence-electron chi connectivity index (χ1n) is 6.00. The number of amides is 1. The van der Waals surface area contributed by atoms with E-state index in [-0.39, 0.29) is 5.91 Å². The number of nitrogens with one attached hydrogen (secondary N) is 1. The van der Waals surface area contributed by atoms with Gasteiger partial charge in [-0.1, -0.05) is 0 Å². The van der Waals surface area contributed by atoms with Crippen molar-refractivity contribution in [3.8, 4) is 6.07 Å². The summed E-state index contributed by atoms with van der Waals surface area (Å²) in [4.78, 5) is 23.6. The summed E-state index contributed by atoms with van der Waals surface area (Å²) in [5, 5.41) is 11.3. The maximum absolute atomic E-state index is 12.0. The Morgan fingerprint density at radius 3 is 2.55 bits per heavy atom. The molecule has 1 N–H and O–H groups in total. The van der Waals surface area contributed by atoms with Crippen molar-refractivity contribution in [3.63, 3.8) is 0 Å². The molecule has 0 aliphatic rings. The molecule has 5 nitrogen and oxygen atoms in total. The van der Waals surface area contributed by atoms with E-state index in [9.17, 15) is 9.59 Å². The van der Waals surface area contributed by atoms with Crippen molar-refractivity contribution in [3.05, 3.63) is 35.4 Å². The number of nitrogens with zero attached hydrogens (tertiary/aromatic N) is 1. The summed E-state index contributed by atoms with van der Waals surface area (Å²) in [6.07, 6.45) is 2.44. The van der Waals surface area contributed by atoms with Crippen LogP contribution in [0.3, 0.4) is 0 Å². The van der Waals surface area contributed by atoms with E-state index in [0.717, 1.165) is 5.75 Å². The minimum Gasteiger partial charge on any atom is -0.467 e. The highest BCUT2D eigenvalue weighted by molar-refractivity contribution is 7.98. The topological polar surface area (TPSA) is 79.2 Å². The molecule has 0 spiro atoms. The number of hydrogen-bond acceptors (Lipinski definition) is 5. The lowest BCUT2D eigenvalue weighted by Crippen LogP contribution is -2.41. The number of ether oxygens (including phenoxy) is 1. The molecule has 20 heavy (non-hydrogen) atoms. The minimum atomic E-state index is -0.657. The second-order valence-corrected chi connectivity index (χ2v) is 5.01. The molecule has 1 amide bonds. The number of carbonyl (C=O) groups excluding carboxylic acids is 2. The molecule has 0 aromatic heterocycles. The predicted octanol–water partition coefficient (Wildman–Crippen LogP) is 1.58. The van der Waals surface area contributed by atoms with Gasteiger partial charge in [0.05, 0.1) is 18.7 Å². The molecule has 0 saturated carbocycles. The second-order valence-electron chi connectivity index (χ2n) is 4.02. The maximum atomic E-state index is 12.0. The minimum absolute atomic E-state index is 0.356. The van der Waals surface area contributed by atoms with E-state index in [2.05, 4.69) is 10.1 Å². The van der Waals surface area contributed by atoms with Crippen LogP contribution in [0.1, 0.15) is 22.3 Å². The fraction of sp³-hybridized carbons (Fsp3) is 0.357. The van der Waals surface area contributed by atoms with Crippen molar-refractivity contribution >= 4 is 23.6 Å². The van der Waals surface area contributed by atoms with Gasteiger partial charge in [-0.3, -0.25) is 4.79 Å². The van der Waals surface area contributed by atoms with E-state index >= 15 is 0 Å². The molecule has 0 radical (unpaired) electrons. The van der Waals surface area contributed by atoms with Crippen molar-refractivity contribution in [1.82, 2.24) is 5.32 Å². The van der Waals surface area contributed by atoms with Crippen LogP contribution in [-0.4, -0.2) is 37.0 Å². The summed E-state index contributed by atoms with van der Waals surface area (Å²) in [5.74, 6) is -0.0695. The Hall–Kier alpha value is -2.00. The van der Waals surface area contributed by atoms with Gasteiger partial charge in [0.25, 0.3) is 5.91 Å². The second kappa shape index (κ2) is 8.23. The fourth-order valence-corrected chi connectivity index (χ4v) is 2.04. The standard InChI is InChI=1S/C14H16N2O3S/c1-19-14(18)12(7-8-20-2)16-13(17)11-5-3-10(9-15)4-6-11/h3-6,12H,7-8H2,1-2H3,(H,16,17)/t12-/m1/s1. The smallest absolute Gasteiger partial charge is 0.328 e. The molecule has 0 fully saturated rings. The molecule has 106 valence electrons. The summed E-state index contributed by atoms with van der Waals surface area (Å²) >= 11 is 1.59. The van der Waals surface area contributed by atoms with Gasteiger partial charge in [-0.2, -0.15) is 17.0 Å². The van der Waals surface area contributed by atoms with E-state index in [4.69, 9.17) is 5.26 Å². The summed E-state index contributed by atoms with van der Waals surface area (Å²) in [7, 11) is 1.29. The molecule has 0 aliphatic heterocycles. The Labute approximate surface area is 122 Å². The van der Waals surface area contributed by atoms with Gasteiger partial charge in [-0.05, 0) is 42.7 Å². The first-order chi connectivity index (χ1) is 9.62. The Bertz CT molecular complexity index is 508. The molecular formula is C14H16N2O3S. The molecule has 0 bridgehead atoms. The van der Waals surface area contributed by atoms with Crippen molar-refractivity contribution in [2.24, 2.45) is 0 Å². The van der Waals surface area contributed by atoms with Gasteiger partial charge in [0.1, 0.15) is 6.04 Å². The first kappa shape index (κ1) is 16.1. The molecule has 1 aromatic rings. The third-order valence-electron chi connectivity index (χ3n) is 2.68. The molecule has 0 saturated heterocycles. The predicted molar refractivity (Wildman–Crippen MR) is 77.4 cm³/mol. The third kappa shape index (κ3) is 4.59. The highest BCUT2D eigenvalue weighted by Gasteiger charge is 2.21. The number of rotatable bonds is 6. The number of methoxy groups -OCH3 is 1. The summed E-state index contributed by atoms with van der Waals surface area (Å²) < 4.78 is 4.68. The Balaban J connectivity index is 2.73. The fourth-order valence-electron chi connectivity index (χ4n) is 1.56. The van der Waals surface area contributed by atoms with Crippen LogP contribution in [0.25, 0.3) is 0 Å². The average molecular weight is 292 g/mol. The molecule has 0 unspecified atom stereocenters. The van der Waals surface area contributed by atoms with Crippen molar-refractivity contribution < 1.29 is 14.3 Å². The largest absolute Gasteiger partial charge is 0.467 e. The van der Waals surface area contributed by atoms with E-state index in [1.807, 2.05) is 12.3 Å². The van der Waals surface area contributed by atoms with Crippen LogP contribution in [0.4, 0.5) is 0 Å². The summed E-state index contributed by atoms with van der Waals surface area (Å²) in [6.45, 7) is 0. The average Bonchev–Trinajstić information content (AvgIpc) is 2.50. The lowest BCUT2D eigenvalue weighted by Gasteiger charge is -2.16. The first-order valence-corrected chi connectivity index (χ1v) is 7.39. The van der Waals surface area contributed by atoms with Gasteiger partial charge in [-0.15, -0.1) is 0 Å². The van der Waals surface area contributed by atoms with Crippen LogP contribution in [0.5, 0.6) is 0 Å². The normalized spacial score (nSPS) is 11.2. The Morgan fingerprint density at radius 1 is 1.40 bits per heavy atom. The zero-order valence-corrected chi connectivity index (χ0v) is 12.2. The maximum Gasteiger partial charge on any atom is 0.328 e. The van der Waals surface area contributed by atoms with Gasteiger partial charge in [0, 0.05) is 5.56 Å².